The van der Waals surface area contributed by atoms with Crippen LogP contribution in [0, 0.1) is 11.3 Å². The average Bonchev–Trinajstić information content (AvgIpc) is 3.11. The Morgan fingerprint density at radius 3 is 1.80 bits per heavy atom. The van der Waals surface area contributed by atoms with Crippen LogP contribution >= 0.6 is 0 Å². The summed E-state index contributed by atoms with van der Waals surface area (Å²) in [5.74, 6) is 0.656. The van der Waals surface area contributed by atoms with Crippen molar-refractivity contribution >= 4 is 32.3 Å². The zero-order valence-electron chi connectivity index (χ0n) is 23.8. The third-order valence-electron chi connectivity index (χ3n) is 8.31. The smallest absolute Gasteiger partial charge is 0.160 e. The van der Waals surface area contributed by atoms with E-state index in [-0.39, 0.29) is 0 Å². The fourth-order valence-corrected chi connectivity index (χ4v) is 6.11. The zero-order chi connectivity index (χ0) is 29.5. The highest BCUT2D eigenvalue weighted by Gasteiger charge is 2.17. The molecule has 0 bridgehead atoms. The van der Waals surface area contributed by atoms with Crippen molar-refractivity contribution in [2.24, 2.45) is 0 Å². The molecule has 0 radical (unpaired) electrons. The van der Waals surface area contributed by atoms with E-state index in [4.69, 9.17) is 9.97 Å². The third kappa shape index (κ3) is 4.47. The lowest BCUT2D eigenvalue weighted by atomic mass is 9.91. The van der Waals surface area contributed by atoms with Gasteiger partial charge in [-0.15, -0.1) is 0 Å². The van der Waals surface area contributed by atoms with Gasteiger partial charge in [0.1, 0.15) is 0 Å². The molecule has 0 amide bonds. The van der Waals surface area contributed by atoms with Crippen LogP contribution in [0.15, 0.2) is 152 Å². The van der Waals surface area contributed by atoms with E-state index in [0.29, 0.717) is 11.4 Å². The molecule has 3 heteroatoms. The van der Waals surface area contributed by atoms with E-state index in [9.17, 15) is 5.26 Å². The molecular formula is C41H25N3. The van der Waals surface area contributed by atoms with Crippen molar-refractivity contribution in [2.45, 2.75) is 0 Å². The predicted octanol–water partition coefficient (Wildman–Crippen LogP) is 10.5. The summed E-state index contributed by atoms with van der Waals surface area (Å²) in [4.78, 5) is 10.3. The third-order valence-corrected chi connectivity index (χ3v) is 8.31. The summed E-state index contributed by atoms with van der Waals surface area (Å²) in [5, 5.41) is 16.5. The van der Waals surface area contributed by atoms with Crippen LogP contribution in [0.2, 0.25) is 0 Å². The van der Waals surface area contributed by atoms with Crippen LogP contribution in [0.3, 0.4) is 0 Å². The van der Waals surface area contributed by atoms with Crippen LogP contribution in [0.4, 0.5) is 0 Å². The number of hydrogen-bond acceptors (Lipinski definition) is 3. The second-order valence-electron chi connectivity index (χ2n) is 10.9. The molecular weight excluding hydrogens is 534 g/mol. The Kier molecular flexibility index (Phi) is 6.18. The summed E-state index contributed by atoms with van der Waals surface area (Å²) >= 11 is 0. The highest BCUT2D eigenvalue weighted by molar-refractivity contribution is 6.19. The molecule has 0 saturated carbocycles. The number of hydrogen-bond donors (Lipinski definition) is 0. The van der Waals surface area contributed by atoms with E-state index in [1.165, 1.54) is 27.1 Å². The van der Waals surface area contributed by atoms with Gasteiger partial charge in [-0.2, -0.15) is 5.26 Å². The van der Waals surface area contributed by atoms with Gasteiger partial charge in [0.05, 0.1) is 23.0 Å². The highest BCUT2D eigenvalue weighted by Crippen LogP contribution is 2.40. The molecule has 0 saturated heterocycles. The average molecular weight is 560 g/mol. The first kappa shape index (κ1) is 25.6. The van der Waals surface area contributed by atoms with Crippen LogP contribution in [0.5, 0.6) is 0 Å². The van der Waals surface area contributed by atoms with Crippen molar-refractivity contribution in [1.29, 1.82) is 5.26 Å². The van der Waals surface area contributed by atoms with Crippen molar-refractivity contribution in [1.82, 2.24) is 9.97 Å². The molecule has 8 rings (SSSR count). The number of aromatic nitrogens is 2. The summed E-state index contributed by atoms with van der Waals surface area (Å²) in [7, 11) is 0. The monoisotopic (exact) mass is 559 g/mol. The maximum atomic E-state index is 9.39. The Balaban J connectivity index is 1.39. The van der Waals surface area contributed by atoms with Gasteiger partial charge in [0.25, 0.3) is 0 Å². The molecule has 0 atom stereocenters. The van der Waals surface area contributed by atoms with E-state index >= 15 is 0 Å². The first-order valence-corrected chi connectivity index (χ1v) is 14.6. The van der Waals surface area contributed by atoms with Gasteiger partial charge in [-0.3, -0.25) is 0 Å². The number of rotatable bonds is 4. The summed E-state index contributed by atoms with van der Waals surface area (Å²) in [6, 6.07) is 54.5. The largest absolute Gasteiger partial charge is 0.228 e. The predicted molar refractivity (Wildman–Crippen MR) is 181 cm³/mol. The van der Waals surface area contributed by atoms with Crippen molar-refractivity contribution in [3.05, 3.63) is 157 Å². The molecule has 0 unspecified atom stereocenters. The second-order valence-corrected chi connectivity index (χ2v) is 10.9. The molecule has 0 spiro atoms. The van der Waals surface area contributed by atoms with Gasteiger partial charge in [0.15, 0.2) is 5.82 Å². The fourth-order valence-electron chi connectivity index (χ4n) is 6.11. The van der Waals surface area contributed by atoms with Crippen LogP contribution in [-0.2, 0) is 0 Å². The number of nitrogens with zero attached hydrogens (tertiary/aromatic N) is 3. The van der Waals surface area contributed by atoms with Gasteiger partial charge in [-0.05, 0) is 67.7 Å². The minimum atomic E-state index is 0.617. The van der Waals surface area contributed by atoms with Gasteiger partial charge in [-0.1, -0.05) is 127 Å². The van der Waals surface area contributed by atoms with Gasteiger partial charge < -0.3 is 0 Å². The lowest BCUT2D eigenvalue weighted by Crippen LogP contribution is -1.97. The van der Waals surface area contributed by atoms with Crippen molar-refractivity contribution in [2.75, 3.05) is 0 Å². The molecule has 8 aromatic rings. The maximum Gasteiger partial charge on any atom is 0.160 e. The number of benzene rings is 7. The van der Waals surface area contributed by atoms with Crippen molar-refractivity contribution < 1.29 is 0 Å². The van der Waals surface area contributed by atoms with Gasteiger partial charge in [0, 0.05) is 16.7 Å². The lowest BCUT2D eigenvalue weighted by molar-refractivity contribution is 1.19. The van der Waals surface area contributed by atoms with E-state index in [0.717, 1.165) is 44.4 Å². The normalized spacial score (nSPS) is 11.2. The number of fused-ring (bicyclic) bond motifs is 4. The van der Waals surface area contributed by atoms with Crippen LogP contribution < -0.4 is 0 Å². The SMILES string of the molecule is N#Cc1ccc(-c2cc(-c3c4ccccc4cc4c3ccc3ccccc34)nc(-c3ccc(-c4ccccc4)cc3)n2)cc1. The van der Waals surface area contributed by atoms with E-state index < -0.39 is 0 Å². The molecule has 0 N–H and O–H groups in total. The van der Waals surface area contributed by atoms with Crippen molar-refractivity contribution in [3.8, 4) is 51.1 Å². The van der Waals surface area contributed by atoms with Gasteiger partial charge in [0.2, 0.25) is 0 Å². The van der Waals surface area contributed by atoms with E-state index in [2.05, 4.69) is 127 Å². The second kappa shape index (κ2) is 10.6. The van der Waals surface area contributed by atoms with Crippen LogP contribution in [-0.4, -0.2) is 9.97 Å². The summed E-state index contributed by atoms with van der Waals surface area (Å²) in [5.41, 5.74) is 7.56. The molecule has 0 aliphatic carbocycles. The van der Waals surface area contributed by atoms with Crippen LogP contribution in [0.25, 0.3) is 77.3 Å². The molecule has 0 fully saturated rings. The maximum absolute atomic E-state index is 9.39. The molecule has 3 nitrogen and oxygen atoms in total. The Morgan fingerprint density at radius 2 is 1.02 bits per heavy atom. The van der Waals surface area contributed by atoms with Crippen LogP contribution in [0.1, 0.15) is 5.56 Å². The summed E-state index contributed by atoms with van der Waals surface area (Å²) in [6.07, 6.45) is 0. The standard InChI is InChI=1S/C41H25N3/c42-26-27-14-16-31(17-15-27)38-25-39(44-41(43-38)32-20-18-29(19-21-32)28-8-2-1-3-9-28)40-35-13-7-5-11-33(35)24-37-34-12-6-4-10-30(34)22-23-36(37)40/h1-25H. The first-order chi connectivity index (χ1) is 21.7. The fraction of sp³-hybridized carbons (Fsp3) is 0. The van der Waals surface area contributed by atoms with E-state index in [1.807, 2.05) is 30.3 Å². The molecule has 0 aliphatic heterocycles. The van der Waals surface area contributed by atoms with Crippen molar-refractivity contribution in [3.63, 3.8) is 0 Å². The number of nitriles is 1. The Morgan fingerprint density at radius 1 is 0.409 bits per heavy atom. The molecule has 204 valence electrons. The minimum Gasteiger partial charge on any atom is -0.228 e. The topological polar surface area (TPSA) is 49.6 Å². The lowest BCUT2D eigenvalue weighted by Gasteiger charge is -2.15. The van der Waals surface area contributed by atoms with Gasteiger partial charge in [-0.25, -0.2) is 9.97 Å². The summed E-state index contributed by atoms with van der Waals surface area (Å²) < 4.78 is 0. The summed E-state index contributed by atoms with van der Waals surface area (Å²) in [6.45, 7) is 0. The molecule has 1 heterocycles. The molecule has 7 aromatic carbocycles. The Hall–Kier alpha value is -6.11. The Labute approximate surface area is 255 Å². The highest BCUT2D eigenvalue weighted by atomic mass is 14.9. The minimum absolute atomic E-state index is 0.617. The Bertz CT molecular complexity index is 2370. The van der Waals surface area contributed by atoms with E-state index in [1.54, 1.807) is 0 Å². The molecule has 1 aromatic heterocycles. The zero-order valence-corrected chi connectivity index (χ0v) is 23.8. The molecule has 0 aliphatic rings. The molecule has 44 heavy (non-hydrogen) atoms. The first-order valence-electron chi connectivity index (χ1n) is 14.6. The van der Waals surface area contributed by atoms with Gasteiger partial charge >= 0.3 is 0 Å². The quantitative estimate of drug-likeness (QED) is 0.159.